The zero-order chi connectivity index (χ0) is 23.4. The van der Waals surface area contributed by atoms with Crippen LogP contribution in [0.4, 0.5) is 0 Å². The number of fused-ring (bicyclic) bond motifs is 2. The zero-order valence-corrected chi connectivity index (χ0v) is 20.8. The van der Waals surface area contributed by atoms with E-state index in [0.717, 1.165) is 60.1 Å². The van der Waals surface area contributed by atoms with Gasteiger partial charge >= 0.3 is 0 Å². The summed E-state index contributed by atoms with van der Waals surface area (Å²) in [5.41, 5.74) is 4.18. The lowest BCUT2D eigenvalue weighted by Gasteiger charge is -2.39. The van der Waals surface area contributed by atoms with Crippen LogP contribution in [0.2, 0.25) is 0 Å². The van der Waals surface area contributed by atoms with Gasteiger partial charge < -0.3 is 4.90 Å². The van der Waals surface area contributed by atoms with Crippen LogP contribution in [0.5, 0.6) is 0 Å². The number of aromatic nitrogens is 1. The third kappa shape index (κ3) is 4.42. The third-order valence-corrected chi connectivity index (χ3v) is 9.77. The van der Waals surface area contributed by atoms with Crippen molar-refractivity contribution in [3.05, 3.63) is 41.1 Å². The molecule has 1 aliphatic carbocycles. The normalized spacial score (nSPS) is 25.8. The van der Waals surface area contributed by atoms with Crippen molar-refractivity contribution in [2.24, 2.45) is 11.3 Å². The maximum Gasteiger partial charge on any atom is 0.254 e. The first kappa shape index (κ1) is 22.8. The molecule has 3 heterocycles. The van der Waals surface area contributed by atoms with Crippen LogP contribution >= 0.6 is 0 Å². The van der Waals surface area contributed by atoms with Crippen molar-refractivity contribution in [3.8, 4) is 0 Å². The molecule has 178 valence electrons. The molecule has 5 rings (SSSR count). The highest BCUT2D eigenvalue weighted by atomic mass is 32.2. The summed E-state index contributed by atoms with van der Waals surface area (Å²) < 4.78 is 23.8. The lowest BCUT2D eigenvalue weighted by molar-refractivity contribution is 0.0587. The minimum Gasteiger partial charge on any atom is -0.336 e. The summed E-state index contributed by atoms with van der Waals surface area (Å²) >= 11 is 0. The van der Waals surface area contributed by atoms with Crippen molar-refractivity contribution >= 4 is 26.6 Å². The van der Waals surface area contributed by atoms with Crippen molar-refractivity contribution in [3.63, 3.8) is 0 Å². The first-order valence-corrected chi connectivity index (χ1v) is 14.1. The number of pyridine rings is 1. The van der Waals surface area contributed by atoms with Crippen LogP contribution in [0.15, 0.2) is 24.3 Å². The maximum atomic E-state index is 14.0. The molecule has 6 nitrogen and oxygen atoms in total. The molecule has 2 unspecified atom stereocenters. The summed E-state index contributed by atoms with van der Waals surface area (Å²) in [4.78, 5) is 23.2. The Morgan fingerprint density at radius 1 is 1.06 bits per heavy atom. The lowest BCUT2D eigenvalue weighted by Crippen LogP contribution is -2.52. The van der Waals surface area contributed by atoms with E-state index in [1.165, 1.54) is 0 Å². The maximum absolute atomic E-state index is 14.0. The van der Waals surface area contributed by atoms with Gasteiger partial charge in [0, 0.05) is 43.3 Å². The topological polar surface area (TPSA) is 70.6 Å². The number of nitrogens with zero attached hydrogens (tertiary/aromatic N) is 3. The third-order valence-electron chi connectivity index (χ3n) is 8.02. The van der Waals surface area contributed by atoms with Gasteiger partial charge in [0.25, 0.3) is 5.91 Å². The number of aryl methyl sites for hydroxylation is 1. The molecule has 3 aliphatic rings. The summed E-state index contributed by atoms with van der Waals surface area (Å²) in [6.45, 7) is 9.64. The molecule has 0 bridgehead atoms. The Kier molecular flexibility index (Phi) is 5.76. The van der Waals surface area contributed by atoms with Crippen molar-refractivity contribution in [1.82, 2.24) is 14.8 Å². The van der Waals surface area contributed by atoms with Crippen LogP contribution in [0.3, 0.4) is 0 Å². The predicted molar refractivity (Wildman–Crippen MR) is 131 cm³/mol. The zero-order valence-electron chi connectivity index (χ0n) is 20.0. The Morgan fingerprint density at radius 2 is 1.79 bits per heavy atom. The summed E-state index contributed by atoms with van der Waals surface area (Å²) in [5.74, 6) is 1.19. The second-order valence-corrected chi connectivity index (χ2v) is 13.3. The van der Waals surface area contributed by atoms with Gasteiger partial charge in [-0.25, -0.2) is 8.42 Å². The largest absolute Gasteiger partial charge is 0.336 e. The molecular weight excluding hydrogens is 434 g/mol. The van der Waals surface area contributed by atoms with E-state index in [1.54, 1.807) is 0 Å². The second kappa shape index (κ2) is 8.35. The minimum absolute atomic E-state index is 0.106. The number of piperazine rings is 1. The van der Waals surface area contributed by atoms with Crippen LogP contribution in [-0.4, -0.2) is 72.8 Å². The highest BCUT2D eigenvalue weighted by Crippen LogP contribution is 2.39. The van der Waals surface area contributed by atoms with Crippen LogP contribution in [0.25, 0.3) is 10.9 Å². The number of rotatable bonds is 2. The van der Waals surface area contributed by atoms with Gasteiger partial charge in [-0.1, -0.05) is 39.0 Å². The van der Waals surface area contributed by atoms with Crippen LogP contribution in [-0.2, 0) is 22.7 Å². The van der Waals surface area contributed by atoms with Gasteiger partial charge in [-0.3, -0.25) is 14.7 Å². The molecule has 1 aromatic heterocycles. The quantitative estimate of drug-likeness (QED) is 0.675. The number of para-hydroxylation sites is 1. The molecule has 0 spiro atoms. The number of carbonyl (C=O) groups excluding carboxylic acids is 1. The van der Waals surface area contributed by atoms with Crippen LogP contribution in [0, 0.1) is 11.3 Å². The van der Waals surface area contributed by atoms with Gasteiger partial charge in [-0.05, 0) is 48.6 Å². The van der Waals surface area contributed by atoms with Gasteiger partial charge in [0.05, 0.1) is 22.6 Å². The molecule has 0 N–H and O–H groups in total. The molecule has 7 heteroatoms. The Bertz CT molecular complexity index is 1180. The fourth-order valence-electron chi connectivity index (χ4n) is 5.88. The summed E-state index contributed by atoms with van der Waals surface area (Å²) in [6, 6.07) is 8.15. The Hall–Kier alpha value is -1.99. The summed E-state index contributed by atoms with van der Waals surface area (Å²) in [5, 5.41) is 0.958. The van der Waals surface area contributed by atoms with E-state index in [-0.39, 0.29) is 23.1 Å². The van der Waals surface area contributed by atoms with Crippen LogP contribution < -0.4 is 0 Å². The molecule has 1 aromatic carbocycles. The van der Waals surface area contributed by atoms with Crippen molar-refractivity contribution in [1.29, 1.82) is 0 Å². The number of sulfone groups is 1. The highest BCUT2D eigenvalue weighted by molar-refractivity contribution is 7.91. The van der Waals surface area contributed by atoms with E-state index in [0.29, 0.717) is 31.2 Å². The minimum atomic E-state index is -2.90. The molecule has 0 radical (unpaired) electrons. The number of amides is 1. The van der Waals surface area contributed by atoms with Gasteiger partial charge in [0.1, 0.15) is 0 Å². The van der Waals surface area contributed by atoms with Crippen molar-refractivity contribution < 1.29 is 13.2 Å². The molecule has 2 aromatic rings. The van der Waals surface area contributed by atoms with E-state index >= 15 is 0 Å². The number of hydrogen-bond donors (Lipinski definition) is 0. The predicted octanol–water partition coefficient (Wildman–Crippen LogP) is 3.33. The smallest absolute Gasteiger partial charge is 0.254 e. The van der Waals surface area contributed by atoms with Gasteiger partial charge in [-0.15, -0.1) is 0 Å². The Labute approximate surface area is 197 Å². The molecular formula is C26H35N3O3S. The fraction of sp³-hybridized carbons (Fsp3) is 0.615. The SMILES string of the molecule is CC(C)(C)C1CCc2nc3ccccc3c(C(=O)N3CCN(C4CCS(=O)(=O)C4)CC3)c2C1. The average Bonchev–Trinajstić information content (AvgIpc) is 3.15. The second-order valence-electron chi connectivity index (χ2n) is 11.1. The molecule has 2 saturated heterocycles. The molecule has 2 fully saturated rings. The molecule has 0 saturated carbocycles. The molecule has 1 amide bonds. The standard InChI is InChI=1S/C26H35N3O3S/c1-26(2,3)18-8-9-23-21(16-18)24(20-6-4-5-7-22(20)27-23)25(30)29-13-11-28(12-14-29)19-10-15-33(31,32)17-19/h4-7,18-19H,8-17H2,1-3H3. The van der Waals surface area contributed by atoms with Crippen LogP contribution in [0.1, 0.15) is 55.2 Å². The molecule has 2 aliphatic heterocycles. The first-order chi connectivity index (χ1) is 15.6. The van der Waals surface area contributed by atoms with Gasteiger partial charge in [0.2, 0.25) is 0 Å². The van der Waals surface area contributed by atoms with Crippen molar-refractivity contribution in [2.45, 2.75) is 52.5 Å². The van der Waals surface area contributed by atoms with Crippen molar-refractivity contribution in [2.75, 3.05) is 37.7 Å². The fourth-order valence-corrected chi connectivity index (χ4v) is 7.65. The molecule has 33 heavy (non-hydrogen) atoms. The lowest BCUT2D eigenvalue weighted by atomic mass is 9.70. The number of benzene rings is 1. The Morgan fingerprint density at radius 3 is 2.45 bits per heavy atom. The van der Waals surface area contributed by atoms with Gasteiger partial charge in [-0.2, -0.15) is 0 Å². The number of hydrogen-bond acceptors (Lipinski definition) is 5. The van der Waals surface area contributed by atoms with E-state index in [1.807, 2.05) is 29.2 Å². The average molecular weight is 470 g/mol. The van der Waals surface area contributed by atoms with E-state index in [2.05, 4.69) is 25.7 Å². The summed E-state index contributed by atoms with van der Waals surface area (Å²) in [7, 11) is -2.90. The van der Waals surface area contributed by atoms with E-state index < -0.39 is 9.84 Å². The molecule has 2 atom stereocenters. The number of carbonyl (C=O) groups is 1. The van der Waals surface area contributed by atoms with Gasteiger partial charge in [0.15, 0.2) is 9.84 Å². The monoisotopic (exact) mass is 469 g/mol. The van der Waals surface area contributed by atoms with E-state index in [9.17, 15) is 13.2 Å². The van der Waals surface area contributed by atoms with E-state index in [4.69, 9.17) is 4.98 Å². The summed E-state index contributed by atoms with van der Waals surface area (Å²) in [6.07, 6.45) is 3.65. The highest BCUT2D eigenvalue weighted by Gasteiger charge is 2.37. The Balaban J connectivity index is 1.43. The first-order valence-electron chi connectivity index (χ1n) is 12.3.